The van der Waals surface area contributed by atoms with Gasteiger partial charge in [0.25, 0.3) is 0 Å². The minimum Gasteiger partial charge on any atom is -0.378 e. The van der Waals surface area contributed by atoms with Gasteiger partial charge in [-0.3, -0.25) is 4.90 Å². The highest BCUT2D eigenvalue weighted by atomic mass is 35.5. The lowest BCUT2D eigenvalue weighted by Crippen LogP contribution is -2.41. The zero-order chi connectivity index (χ0) is 19.1. The normalized spacial score (nSPS) is 23.4. The summed E-state index contributed by atoms with van der Waals surface area (Å²) in [4.78, 5) is 15.2. The smallest absolute Gasteiger partial charge is 0.224 e. The second-order valence-corrected chi connectivity index (χ2v) is 9.85. The number of nitrogens with zero attached hydrogens (tertiary/aromatic N) is 4. The quantitative estimate of drug-likeness (QED) is 0.748. The Kier molecular flexibility index (Phi) is 5.45. The Labute approximate surface area is 175 Å². The van der Waals surface area contributed by atoms with E-state index in [2.05, 4.69) is 25.8 Å². The van der Waals surface area contributed by atoms with Crippen molar-refractivity contribution in [2.45, 2.75) is 38.3 Å². The molecular formula is C20H28ClN5OS. The van der Waals surface area contributed by atoms with E-state index in [0.717, 1.165) is 67.9 Å². The summed E-state index contributed by atoms with van der Waals surface area (Å²) in [7, 11) is 0. The molecule has 8 heteroatoms. The van der Waals surface area contributed by atoms with Crippen LogP contribution in [0.2, 0.25) is 5.28 Å². The number of ether oxygens (including phenoxy) is 1. The van der Waals surface area contributed by atoms with Crippen LogP contribution in [-0.4, -0.2) is 60.3 Å². The molecule has 1 aliphatic carbocycles. The van der Waals surface area contributed by atoms with Crippen molar-refractivity contribution in [3.05, 3.63) is 16.2 Å². The van der Waals surface area contributed by atoms with E-state index >= 15 is 0 Å². The van der Waals surface area contributed by atoms with Crippen molar-refractivity contribution in [2.24, 2.45) is 17.6 Å². The number of hydrogen-bond donors (Lipinski definition) is 1. The first-order valence-electron chi connectivity index (χ1n) is 10.4. The molecule has 2 N–H and O–H groups in total. The van der Waals surface area contributed by atoms with Crippen molar-refractivity contribution in [1.82, 2.24) is 14.9 Å². The van der Waals surface area contributed by atoms with Crippen LogP contribution >= 0.6 is 22.9 Å². The van der Waals surface area contributed by atoms with E-state index in [0.29, 0.717) is 17.2 Å². The lowest BCUT2D eigenvalue weighted by atomic mass is 9.87. The SMILES string of the molecule is NC(C1CC1)C1CCN(Cc2cc3nc(Cl)nc(N4CCOCC4)c3s2)CC1. The maximum Gasteiger partial charge on any atom is 0.224 e. The zero-order valence-corrected chi connectivity index (χ0v) is 17.7. The number of fused-ring (bicyclic) bond motifs is 1. The highest BCUT2D eigenvalue weighted by Gasteiger charge is 2.35. The molecule has 3 fully saturated rings. The fourth-order valence-electron chi connectivity index (χ4n) is 4.59. The second-order valence-electron chi connectivity index (χ2n) is 8.37. The molecule has 2 saturated heterocycles. The van der Waals surface area contributed by atoms with Gasteiger partial charge in [0.15, 0.2) is 5.82 Å². The van der Waals surface area contributed by atoms with E-state index in [9.17, 15) is 0 Å². The molecule has 0 bridgehead atoms. The average Bonchev–Trinajstić information content (AvgIpc) is 3.49. The van der Waals surface area contributed by atoms with E-state index in [-0.39, 0.29) is 0 Å². The number of aromatic nitrogens is 2. The van der Waals surface area contributed by atoms with Crippen molar-refractivity contribution in [3.63, 3.8) is 0 Å². The number of piperidine rings is 1. The van der Waals surface area contributed by atoms with Crippen LogP contribution in [0.25, 0.3) is 10.2 Å². The van der Waals surface area contributed by atoms with E-state index in [1.165, 1.54) is 30.6 Å². The molecule has 0 amide bonds. The third-order valence-electron chi connectivity index (χ3n) is 6.41. The van der Waals surface area contributed by atoms with Gasteiger partial charge in [-0.25, -0.2) is 4.98 Å². The maximum atomic E-state index is 6.45. The summed E-state index contributed by atoms with van der Waals surface area (Å²) in [6, 6.07) is 2.62. The summed E-state index contributed by atoms with van der Waals surface area (Å²) in [6.07, 6.45) is 5.15. The molecule has 2 aromatic rings. The molecule has 1 saturated carbocycles. The van der Waals surface area contributed by atoms with Crippen LogP contribution in [0.4, 0.5) is 5.82 Å². The first-order chi connectivity index (χ1) is 13.7. The summed E-state index contributed by atoms with van der Waals surface area (Å²) in [5, 5.41) is 0.327. The highest BCUT2D eigenvalue weighted by molar-refractivity contribution is 7.19. The largest absolute Gasteiger partial charge is 0.378 e. The van der Waals surface area contributed by atoms with Crippen LogP contribution in [0, 0.1) is 11.8 Å². The van der Waals surface area contributed by atoms with Gasteiger partial charge >= 0.3 is 0 Å². The Balaban J connectivity index is 1.29. The third kappa shape index (κ3) is 4.00. The molecule has 152 valence electrons. The first-order valence-corrected chi connectivity index (χ1v) is 11.6. The van der Waals surface area contributed by atoms with Crippen molar-refractivity contribution >= 4 is 39.0 Å². The number of thiophene rings is 1. The van der Waals surface area contributed by atoms with Crippen LogP contribution in [-0.2, 0) is 11.3 Å². The standard InChI is InChI=1S/C20H28ClN5OS/c21-20-23-16-11-15(28-18(16)19(24-20)26-7-9-27-10-8-26)12-25-5-3-14(4-6-25)17(22)13-1-2-13/h11,13-14,17H,1-10,12,22H2. The molecule has 0 radical (unpaired) electrons. The summed E-state index contributed by atoms with van der Waals surface area (Å²) >= 11 is 8.03. The van der Waals surface area contributed by atoms with Crippen molar-refractivity contribution < 1.29 is 4.74 Å². The molecule has 28 heavy (non-hydrogen) atoms. The van der Waals surface area contributed by atoms with Crippen molar-refractivity contribution in [2.75, 3.05) is 44.3 Å². The Morgan fingerprint density at radius 2 is 1.82 bits per heavy atom. The zero-order valence-electron chi connectivity index (χ0n) is 16.1. The minimum absolute atomic E-state index is 0.327. The van der Waals surface area contributed by atoms with Crippen LogP contribution in [0.15, 0.2) is 6.07 Å². The van der Waals surface area contributed by atoms with Gasteiger partial charge in [-0.15, -0.1) is 11.3 Å². The Hall–Kier alpha value is -0.990. The molecule has 1 atom stereocenters. The number of nitrogens with two attached hydrogens (primary N) is 1. The van der Waals surface area contributed by atoms with Crippen molar-refractivity contribution in [1.29, 1.82) is 0 Å². The van der Waals surface area contributed by atoms with Crippen LogP contribution < -0.4 is 10.6 Å². The molecule has 2 aromatic heterocycles. The van der Waals surface area contributed by atoms with Gasteiger partial charge in [-0.2, -0.15) is 4.98 Å². The number of rotatable bonds is 5. The fourth-order valence-corrected chi connectivity index (χ4v) is 5.91. The maximum absolute atomic E-state index is 6.45. The molecule has 3 aliphatic rings. The predicted octanol–water partition coefficient (Wildman–Crippen LogP) is 3.13. The van der Waals surface area contributed by atoms with Gasteiger partial charge in [0.2, 0.25) is 5.28 Å². The molecule has 1 unspecified atom stereocenters. The molecule has 4 heterocycles. The second kappa shape index (κ2) is 8.03. The monoisotopic (exact) mass is 421 g/mol. The number of halogens is 1. The fraction of sp³-hybridized carbons (Fsp3) is 0.700. The molecular weight excluding hydrogens is 394 g/mol. The lowest BCUT2D eigenvalue weighted by molar-refractivity contribution is 0.122. The van der Waals surface area contributed by atoms with Gasteiger partial charge in [0.05, 0.1) is 23.4 Å². The van der Waals surface area contributed by atoms with Crippen LogP contribution in [0.3, 0.4) is 0 Å². The lowest BCUT2D eigenvalue weighted by Gasteiger charge is -2.34. The van der Waals surface area contributed by atoms with Gasteiger partial charge in [-0.1, -0.05) is 0 Å². The average molecular weight is 422 g/mol. The summed E-state index contributed by atoms with van der Waals surface area (Å²) in [6.45, 7) is 6.43. The third-order valence-corrected chi connectivity index (χ3v) is 7.68. The van der Waals surface area contributed by atoms with Gasteiger partial charge in [0.1, 0.15) is 0 Å². The van der Waals surface area contributed by atoms with Gasteiger partial charge < -0.3 is 15.4 Å². The minimum atomic E-state index is 0.327. The van der Waals surface area contributed by atoms with E-state index in [1.54, 1.807) is 0 Å². The van der Waals surface area contributed by atoms with Crippen LogP contribution in [0.1, 0.15) is 30.6 Å². The molecule has 0 aromatic carbocycles. The Morgan fingerprint density at radius 1 is 1.11 bits per heavy atom. The topological polar surface area (TPSA) is 67.5 Å². The van der Waals surface area contributed by atoms with E-state index in [1.807, 2.05) is 11.3 Å². The van der Waals surface area contributed by atoms with E-state index < -0.39 is 0 Å². The number of hydrogen-bond acceptors (Lipinski definition) is 7. The molecule has 6 nitrogen and oxygen atoms in total. The summed E-state index contributed by atoms with van der Waals surface area (Å²) < 4.78 is 6.63. The van der Waals surface area contributed by atoms with Crippen molar-refractivity contribution in [3.8, 4) is 0 Å². The van der Waals surface area contributed by atoms with Gasteiger partial charge in [-0.05, 0) is 68.3 Å². The Morgan fingerprint density at radius 3 is 2.54 bits per heavy atom. The highest BCUT2D eigenvalue weighted by Crippen LogP contribution is 2.38. The van der Waals surface area contributed by atoms with Crippen LogP contribution in [0.5, 0.6) is 0 Å². The Bertz CT molecular complexity index is 827. The number of anilines is 1. The summed E-state index contributed by atoms with van der Waals surface area (Å²) in [5.74, 6) is 2.48. The first kappa shape index (κ1) is 19.0. The number of likely N-dealkylation sites (tertiary alicyclic amines) is 1. The molecule has 5 rings (SSSR count). The molecule has 0 spiro atoms. The van der Waals surface area contributed by atoms with Gasteiger partial charge in [0, 0.05) is 30.6 Å². The predicted molar refractivity (Wildman–Crippen MR) is 114 cm³/mol. The van der Waals surface area contributed by atoms with E-state index in [4.69, 9.17) is 22.1 Å². The molecule has 2 aliphatic heterocycles. The number of morpholine rings is 1. The summed E-state index contributed by atoms with van der Waals surface area (Å²) in [5.41, 5.74) is 7.41.